The van der Waals surface area contributed by atoms with E-state index in [0.717, 1.165) is 31.0 Å². The predicted octanol–water partition coefficient (Wildman–Crippen LogP) is 3.10. The highest BCUT2D eigenvalue weighted by molar-refractivity contribution is 6.73. The van der Waals surface area contributed by atoms with E-state index in [4.69, 9.17) is 9.16 Å². The molecule has 1 fully saturated rings. The number of esters is 1. The minimum atomic E-state index is -1.54. The first-order valence-corrected chi connectivity index (χ1v) is 9.02. The Morgan fingerprint density at radius 3 is 2.50 bits per heavy atom. The Labute approximate surface area is 99.6 Å². The number of rotatable bonds is 5. The summed E-state index contributed by atoms with van der Waals surface area (Å²) in [5.41, 5.74) is 0. The van der Waals surface area contributed by atoms with Gasteiger partial charge in [-0.15, -0.1) is 0 Å². The van der Waals surface area contributed by atoms with Crippen molar-refractivity contribution < 1.29 is 14.0 Å². The van der Waals surface area contributed by atoms with Crippen LogP contribution in [0.15, 0.2) is 0 Å². The minimum Gasteiger partial charge on any atom is -0.463 e. The molecule has 0 N–H and O–H groups in total. The summed E-state index contributed by atoms with van der Waals surface area (Å²) in [5, 5.41) is 0. The summed E-state index contributed by atoms with van der Waals surface area (Å²) in [6.07, 6.45) is 2.59. The molecule has 0 bridgehead atoms. The molecule has 0 aliphatic carbocycles. The molecule has 0 radical (unpaired) electrons. The van der Waals surface area contributed by atoms with Gasteiger partial charge in [0.2, 0.25) is 0 Å². The van der Waals surface area contributed by atoms with E-state index in [1.54, 1.807) is 0 Å². The summed E-state index contributed by atoms with van der Waals surface area (Å²) in [5.74, 6) is -0.0668. The van der Waals surface area contributed by atoms with Crippen LogP contribution in [0.2, 0.25) is 18.1 Å². The Morgan fingerprint density at radius 1 is 1.31 bits per heavy atom. The van der Waals surface area contributed by atoms with Crippen LogP contribution in [0, 0.1) is 0 Å². The van der Waals surface area contributed by atoms with Gasteiger partial charge in [-0.1, -0.05) is 20.8 Å². The molecule has 94 valence electrons. The zero-order chi connectivity index (χ0) is 12.0. The highest BCUT2D eigenvalue weighted by atomic mass is 28.4. The van der Waals surface area contributed by atoms with E-state index in [9.17, 15) is 4.79 Å². The summed E-state index contributed by atoms with van der Waals surface area (Å²) < 4.78 is 11.5. The third kappa shape index (κ3) is 3.59. The summed E-state index contributed by atoms with van der Waals surface area (Å²) in [6, 6.07) is 3.47. The maximum atomic E-state index is 11.1. The van der Waals surface area contributed by atoms with E-state index >= 15 is 0 Å². The van der Waals surface area contributed by atoms with E-state index < -0.39 is 8.32 Å². The van der Waals surface area contributed by atoms with Gasteiger partial charge < -0.3 is 9.16 Å². The first-order valence-electron chi connectivity index (χ1n) is 6.49. The van der Waals surface area contributed by atoms with Gasteiger partial charge in [0.05, 0.1) is 6.10 Å². The van der Waals surface area contributed by atoms with Crippen LogP contribution in [0.4, 0.5) is 0 Å². The number of cyclic esters (lactones) is 1. The molecule has 4 heteroatoms. The van der Waals surface area contributed by atoms with Crippen molar-refractivity contribution in [1.29, 1.82) is 0 Å². The molecule has 0 amide bonds. The Balaban J connectivity index is 2.53. The smallest absolute Gasteiger partial charge is 0.305 e. The standard InChI is InChI=1S/C12H24O3Si/c1-4-16(5-2,6-3)15-11-8-7-9-12(13)14-10-11/h11H,4-10H2,1-3H3. The second-order valence-corrected chi connectivity index (χ2v) is 9.28. The molecule has 1 aliphatic rings. The zero-order valence-corrected chi connectivity index (χ0v) is 11.8. The Morgan fingerprint density at radius 2 is 1.94 bits per heavy atom. The SMILES string of the molecule is CC[Si](CC)(CC)OC1CCCC(=O)OC1. The molecule has 1 atom stereocenters. The van der Waals surface area contributed by atoms with Crippen molar-refractivity contribution in [3.63, 3.8) is 0 Å². The zero-order valence-electron chi connectivity index (χ0n) is 10.8. The molecule has 1 heterocycles. The van der Waals surface area contributed by atoms with Gasteiger partial charge in [-0.2, -0.15) is 0 Å². The van der Waals surface area contributed by atoms with Crippen LogP contribution in [0.1, 0.15) is 40.0 Å². The summed E-state index contributed by atoms with van der Waals surface area (Å²) in [4.78, 5) is 11.1. The van der Waals surface area contributed by atoms with E-state index in [1.165, 1.54) is 0 Å². The van der Waals surface area contributed by atoms with Crippen molar-refractivity contribution in [2.45, 2.75) is 64.3 Å². The molecule has 1 rings (SSSR count). The van der Waals surface area contributed by atoms with Crippen molar-refractivity contribution in [3.05, 3.63) is 0 Å². The highest BCUT2D eigenvalue weighted by Gasteiger charge is 2.33. The van der Waals surface area contributed by atoms with Gasteiger partial charge in [-0.05, 0) is 31.0 Å². The van der Waals surface area contributed by atoms with Crippen LogP contribution in [-0.2, 0) is 14.0 Å². The van der Waals surface area contributed by atoms with Gasteiger partial charge in [-0.25, -0.2) is 0 Å². The fourth-order valence-electron chi connectivity index (χ4n) is 2.26. The van der Waals surface area contributed by atoms with Gasteiger partial charge in [-0.3, -0.25) is 4.79 Å². The number of carbonyl (C=O) groups is 1. The summed E-state index contributed by atoms with van der Waals surface area (Å²) in [6.45, 7) is 7.14. The molecule has 3 nitrogen and oxygen atoms in total. The molecular formula is C12H24O3Si. The molecule has 1 saturated heterocycles. The molecule has 0 aromatic carbocycles. The Kier molecular flexibility index (Phi) is 5.48. The van der Waals surface area contributed by atoms with E-state index in [1.807, 2.05) is 0 Å². The summed E-state index contributed by atoms with van der Waals surface area (Å²) in [7, 11) is -1.54. The fourth-order valence-corrected chi connectivity index (χ4v) is 5.15. The molecule has 0 spiro atoms. The number of hydrogen-bond donors (Lipinski definition) is 0. The minimum absolute atomic E-state index is 0.0668. The van der Waals surface area contributed by atoms with Crippen LogP contribution < -0.4 is 0 Å². The molecule has 0 aromatic rings. The van der Waals surface area contributed by atoms with Crippen LogP contribution in [0.25, 0.3) is 0 Å². The lowest BCUT2D eigenvalue weighted by Gasteiger charge is -2.32. The van der Waals surface area contributed by atoms with E-state index in [0.29, 0.717) is 13.0 Å². The monoisotopic (exact) mass is 244 g/mol. The summed E-state index contributed by atoms with van der Waals surface area (Å²) >= 11 is 0. The lowest BCUT2D eigenvalue weighted by atomic mass is 10.2. The van der Waals surface area contributed by atoms with Gasteiger partial charge >= 0.3 is 5.97 Å². The quantitative estimate of drug-likeness (QED) is 0.550. The number of carbonyl (C=O) groups excluding carboxylic acids is 1. The van der Waals surface area contributed by atoms with Gasteiger partial charge in [0.15, 0.2) is 8.32 Å². The van der Waals surface area contributed by atoms with Crippen molar-refractivity contribution >= 4 is 14.3 Å². The molecular weight excluding hydrogens is 220 g/mol. The molecule has 1 aliphatic heterocycles. The van der Waals surface area contributed by atoms with Crippen LogP contribution in [-0.4, -0.2) is 27.0 Å². The van der Waals surface area contributed by atoms with Gasteiger partial charge in [0.25, 0.3) is 0 Å². The normalized spacial score (nSPS) is 22.7. The van der Waals surface area contributed by atoms with Crippen molar-refractivity contribution in [2.75, 3.05) is 6.61 Å². The Hall–Kier alpha value is -0.353. The molecule has 0 aromatic heterocycles. The second kappa shape index (κ2) is 6.40. The Bertz CT molecular complexity index is 218. The van der Waals surface area contributed by atoms with Gasteiger partial charge in [0, 0.05) is 6.42 Å². The van der Waals surface area contributed by atoms with Crippen molar-refractivity contribution in [3.8, 4) is 0 Å². The number of hydrogen-bond acceptors (Lipinski definition) is 3. The highest BCUT2D eigenvalue weighted by Crippen LogP contribution is 2.26. The van der Waals surface area contributed by atoms with E-state index in [-0.39, 0.29) is 12.1 Å². The van der Waals surface area contributed by atoms with Crippen molar-refractivity contribution in [2.24, 2.45) is 0 Å². The first kappa shape index (κ1) is 13.7. The lowest BCUT2D eigenvalue weighted by molar-refractivity contribution is -0.144. The maximum absolute atomic E-state index is 11.1. The molecule has 1 unspecified atom stereocenters. The van der Waals surface area contributed by atoms with Crippen LogP contribution >= 0.6 is 0 Å². The average Bonchev–Trinajstić information content (AvgIpc) is 2.51. The molecule has 0 saturated carbocycles. The van der Waals surface area contributed by atoms with Crippen LogP contribution in [0.5, 0.6) is 0 Å². The average molecular weight is 244 g/mol. The maximum Gasteiger partial charge on any atom is 0.305 e. The number of ether oxygens (including phenoxy) is 1. The largest absolute Gasteiger partial charge is 0.463 e. The third-order valence-electron chi connectivity index (χ3n) is 3.69. The second-order valence-electron chi connectivity index (χ2n) is 4.56. The molecule has 16 heavy (non-hydrogen) atoms. The van der Waals surface area contributed by atoms with E-state index in [2.05, 4.69) is 20.8 Å². The van der Waals surface area contributed by atoms with Crippen LogP contribution in [0.3, 0.4) is 0 Å². The fraction of sp³-hybridized carbons (Fsp3) is 0.917. The predicted molar refractivity (Wildman–Crippen MR) is 66.9 cm³/mol. The third-order valence-corrected chi connectivity index (χ3v) is 8.39. The van der Waals surface area contributed by atoms with Crippen molar-refractivity contribution in [1.82, 2.24) is 0 Å². The lowest BCUT2D eigenvalue weighted by Crippen LogP contribution is -2.41. The van der Waals surface area contributed by atoms with Gasteiger partial charge in [0.1, 0.15) is 6.61 Å². The topological polar surface area (TPSA) is 35.5 Å². The first-order chi connectivity index (χ1) is 7.65.